The highest BCUT2D eigenvalue weighted by Gasteiger charge is 2.34. The number of rotatable bonds is 1. The van der Waals surface area contributed by atoms with E-state index in [1.54, 1.807) is 7.05 Å². The summed E-state index contributed by atoms with van der Waals surface area (Å²) in [6.45, 7) is 0. The van der Waals surface area contributed by atoms with E-state index in [4.69, 9.17) is 5.73 Å². The molecule has 0 aliphatic rings. The van der Waals surface area contributed by atoms with Crippen LogP contribution in [0.2, 0.25) is 0 Å². The minimum Gasteiger partial charge on any atom is -0.384 e. The summed E-state index contributed by atoms with van der Waals surface area (Å²) >= 11 is 0. The van der Waals surface area contributed by atoms with Crippen LogP contribution in [0.15, 0.2) is 24.5 Å². The molecule has 4 nitrogen and oxygen atoms in total. The van der Waals surface area contributed by atoms with Crippen molar-refractivity contribution in [2.75, 3.05) is 5.73 Å². The number of anilines is 1. The number of hydrogen-bond donors (Lipinski definition) is 1. The SMILES string of the molecule is Cn1nc(-c2ccncc2C(F)(F)F)cc1N. The number of hydrogen-bond acceptors (Lipinski definition) is 3. The van der Waals surface area contributed by atoms with Crippen molar-refractivity contribution < 1.29 is 13.2 Å². The summed E-state index contributed by atoms with van der Waals surface area (Å²) in [5.74, 6) is 0.296. The third-order valence-corrected chi connectivity index (χ3v) is 2.32. The van der Waals surface area contributed by atoms with E-state index in [0.29, 0.717) is 5.82 Å². The lowest BCUT2D eigenvalue weighted by Gasteiger charge is -2.09. The molecule has 0 fully saturated rings. The van der Waals surface area contributed by atoms with Crippen molar-refractivity contribution in [3.8, 4) is 11.3 Å². The van der Waals surface area contributed by atoms with Crippen LogP contribution in [0.25, 0.3) is 11.3 Å². The number of nitrogen functional groups attached to an aromatic ring is 1. The van der Waals surface area contributed by atoms with Gasteiger partial charge in [-0.2, -0.15) is 18.3 Å². The van der Waals surface area contributed by atoms with E-state index in [-0.39, 0.29) is 11.3 Å². The van der Waals surface area contributed by atoms with Gasteiger partial charge < -0.3 is 5.73 Å². The smallest absolute Gasteiger partial charge is 0.384 e. The number of aryl methyl sites for hydroxylation is 1. The van der Waals surface area contributed by atoms with Crippen LogP contribution in [0.5, 0.6) is 0 Å². The topological polar surface area (TPSA) is 56.7 Å². The van der Waals surface area contributed by atoms with Gasteiger partial charge in [-0.05, 0) is 6.07 Å². The van der Waals surface area contributed by atoms with Crippen molar-refractivity contribution in [1.82, 2.24) is 14.8 Å². The maximum atomic E-state index is 12.7. The molecule has 0 radical (unpaired) electrons. The maximum absolute atomic E-state index is 12.7. The van der Waals surface area contributed by atoms with Crippen LogP contribution >= 0.6 is 0 Å². The Bertz CT molecular complexity index is 525. The number of alkyl halides is 3. The highest BCUT2D eigenvalue weighted by Crippen LogP contribution is 2.36. The Morgan fingerprint density at radius 3 is 2.59 bits per heavy atom. The Kier molecular flexibility index (Phi) is 2.53. The summed E-state index contributed by atoms with van der Waals surface area (Å²) in [4.78, 5) is 3.48. The van der Waals surface area contributed by atoms with Gasteiger partial charge in [0.2, 0.25) is 0 Å². The Labute approximate surface area is 94.9 Å². The molecule has 7 heteroatoms. The molecule has 2 aromatic heterocycles. The number of aromatic nitrogens is 3. The van der Waals surface area contributed by atoms with Gasteiger partial charge in [0.15, 0.2) is 0 Å². The third-order valence-electron chi connectivity index (χ3n) is 2.32. The number of pyridine rings is 1. The zero-order valence-electron chi connectivity index (χ0n) is 8.86. The van der Waals surface area contributed by atoms with Gasteiger partial charge in [-0.3, -0.25) is 9.67 Å². The first kappa shape index (κ1) is 11.4. The molecule has 0 spiro atoms. The van der Waals surface area contributed by atoms with Crippen LogP contribution in [-0.4, -0.2) is 14.8 Å². The van der Waals surface area contributed by atoms with Gasteiger partial charge in [0.05, 0.1) is 11.3 Å². The number of nitrogens with zero attached hydrogens (tertiary/aromatic N) is 3. The van der Waals surface area contributed by atoms with Gasteiger partial charge in [0.25, 0.3) is 0 Å². The predicted molar refractivity (Wildman–Crippen MR) is 55.9 cm³/mol. The average Bonchev–Trinajstić information content (AvgIpc) is 2.58. The number of nitrogens with two attached hydrogens (primary N) is 1. The lowest BCUT2D eigenvalue weighted by Crippen LogP contribution is -2.07. The molecule has 0 aromatic carbocycles. The van der Waals surface area contributed by atoms with Crippen molar-refractivity contribution in [2.45, 2.75) is 6.18 Å². The summed E-state index contributed by atoms with van der Waals surface area (Å²) in [5.41, 5.74) is 4.87. The highest BCUT2D eigenvalue weighted by atomic mass is 19.4. The summed E-state index contributed by atoms with van der Waals surface area (Å²) in [6, 6.07) is 2.66. The lowest BCUT2D eigenvalue weighted by molar-refractivity contribution is -0.137. The molecular weight excluding hydrogens is 233 g/mol. The average molecular weight is 242 g/mol. The fourth-order valence-corrected chi connectivity index (χ4v) is 1.46. The summed E-state index contributed by atoms with van der Waals surface area (Å²) in [7, 11) is 1.56. The molecule has 0 atom stereocenters. The largest absolute Gasteiger partial charge is 0.418 e. The van der Waals surface area contributed by atoms with E-state index in [1.165, 1.54) is 23.0 Å². The summed E-state index contributed by atoms with van der Waals surface area (Å²) in [6.07, 6.45) is -2.40. The van der Waals surface area contributed by atoms with Gasteiger partial charge in [0.1, 0.15) is 5.82 Å². The molecule has 90 valence electrons. The normalized spacial score (nSPS) is 11.8. The van der Waals surface area contributed by atoms with Gasteiger partial charge in [-0.1, -0.05) is 0 Å². The first-order chi connectivity index (χ1) is 7.89. The molecule has 0 saturated heterocycles. The second-order valence-corrected chi connectivity index (χ2v) is 3.50. The van der Waals surface area contributed by atoms with Crippen molar-refractivity contribution >= 4 is 5.82 Å². The molecule has 0 aliphatic carbocycles. The second kappa shape index (κ2) is 3.76. The molecular formula is C10H9F3N4. The molecule has 2 aromatic rings. The Balaban J connectivity index is 2.60. The zero-order chi connectivity index (χ0) is 12.6. The van der Waals surface area contributed by atoms with E-state index in [2.05, 4.69) is 10.1 Å². The van der Waals surface area contributed by atoms with Crippen LogP contribution in [-0.2, 0) is 13.2 Å². The maximum Gasteiger partial charge on any atom is 0.418 e. The summed E-state index contributed by atoms with van der Waals surface area (Å²) < 4.78 is 39.5. The van der Waals surface area contributed by atoms with Crippen molar-refractivity contribution in [3.05, 3.63) is 30.1 Å². The minimum atomic E-state index is -4.46. The standard InChI is InChI=1S/C10H9F3N4/c1-17-9(14)4-8(16-17)6-2-3-15-5-7(6)10(11,12)13/h2-5H,14H2,1H3. The molecule has 2 heterocycles. The molecule has 17 heavy (non-hydrogen) atoms. The molecule has 0 saturated carbocycles. The zero-order valence-corrected chi connectivity index (χ0v) is 8.86. The highest BCUT2D eigenvalue weighted by molar-refractivity contribution is 5.66. The van der Waals surface area contributed by atoms with Crippen molar-refractivity contribution in [3.63, 3.8) is 0 Å². The first-order valence-corrected chi connectivity index (χ1v) is 4.70. The Hall–Kier alpha value is -2.05. The lowest BCUT2D eigenvalue weighted by atomic mass is 10.1. The van der Waals surface area contributed by atoms with E-state index < -0.39 is 11.7 Å². The third kappa shape index (κ3) is 2.08. The van der Waals surface area contributed by atoms with Crippen molar-refractivity contribution in [2.24, 2.45) is 7.05 Å². The second-order valence-electron chi connectivity index (χ2n) is 3.50. The van der Waals surface area contributed by atoms with Crippen LogP contribution in [0.3, 0.4) is 0 Å². The minimum absolute atomic E-state index is 0.0280. The Morgan fingerprint density at radius 1 is 1.35 bits per heavy atom. The van der Waals surface area contributed by atoms with Gasteiger partial charge in [-0.15, -0.1) is 0 Å². The van der Waals surface area contributed by atoms with E-state index >= 15 is 0 Å². The first-order valence-electron chi connectivity index (χ1n) is 4.70. The Morgan fingerprint density at radius 2 is 2.06 bits per heavy atom. The van der Waals surface area contributed by atoms with E-state index in [1.807, 2.05) is 0 Å². The fourth-order valence-electron chi connectivity index (χ4n) is 1.46. The quantitative estimate of drug-likeness (QED) is 0.832. The number of halogens is 3. The van der Waals surface area contributed by atoms with Gasteiger partial charge in [-0.25, -0.2) is 0 Å². The molecule has 0 aliphatic heterocycles. The molecule has 0 unspecified atom stereocenters. The van der Waals surface area contributed by atoms with Crippen LogP contribution in [0.1, 0.15) is 5.56 Å². The van der Waals surface area contributed by atoms with Crippen LogP contribution in [0.4, 0.5) is 19.0 Å². The van der Waals surface area contributed by atoms with Gasteiger partial charge in [0, 0.05) is 31.1 Å². The molecule has 0 bridgehead atoms. The summed E-state index contributed by atoms with van der Waals surface area (Å²) in [5, 5.41) is 3.92. The van der Waals surface area contributed by atoms with Crippen molar-refractivity contribution in [1.29, 1.82) is 0 Å². The molecule has 2 rings (SSSR count). The van der Waals surface area contributed by atoms with E-state index in [9.17, 15) is 13.2 Å². The van der Waals surface area contributed by atoms with Crippen LogP contribution < -0.4 is 5.73 Å². The van der Waals surface area contributed by atoms with E-state index in [0.717, 1.165) is 6.20 Å². The van der Waals surface area contributed by atoms with Crippen LogP contribution in [0, 0.1) is 0 Å². The monoisotopic (exact) mass is 242 g/mol. The van der Waals surface area contributed by atoms with Gasteiger partial charge >= 0.3 is 6.18 Å². The fraction of sp³-hybridized carbons (Fsp3) is 0.200. The molecule has 2 N–H and O–H groups in total. The molecule has 0 amide bonds. The predicted octanol–water partition coefficient (Wildman–Crippen LogP) is 2.08.